The fourth-order valence-electron chi connectivity index (χ4n) is 1.42. The van der Waals surface area contributed by atoms with Crippen LogP contribution in [-0.4, -0.2) is 30.1 Å². The average molecular weight is 271 g/mol. The largest absolute Gasteiger partial charge is 0.293 e. The molecule has 0 N–H and O–H groups in total. The highest BCUT2D eigenvalue weighted by Crippen LogP contribution is 2.17. The minimum atomic E-state index is -3.50. The first-order valence-electron chi connectivity index (χ1n) is 5.30. The van der Waals surface area contributed by atoms with Crippen molar-refractivity contribution in [1.82, 2.24) is 0 Å². The lowest BCUT2D eigenvalue weighted by atomic mass is 10.1. The van der Waals surface area contributed by atoms with Crippen LogP contribution in [0.25, 0.3) is 0 Å². The molecule has 0 amide bonds. The Morgan fingerprint density at radius 3 is 2.56 bits per heavy atom. The van der Waals surface area contributed by atoms with Crippen LogP contribution in [0.3, 0.4) is 0 Å². The van der Waals surface area contributed by atoms with Crippen LogP contribution in [0.4, 0.5) is 5.69 Å². The number of hydrogen-bond donors (Lipinski definition) is 0. The molecule has 0 heterocycles. The predicted molar refractivity (Wildman–Crippen MR) is 66.3 cm³/mol. The molecule has 1 aromatic carbocycles. The van der Waals surface area contributed by atoms with Crippen molar-refractivity contribution in [3.05, 3.63) is 39.9 Å². The fraction of sp³-hybridized carbons (Fsp3) is 0.364. The van der Waals surface area contributed by atoms with E-state index >= 15 is 0 Å². The summed E-state index contributed by atoms with van der Waals surface area (Å²) in [6, 6.07) is 5.06. The van der Waals surface area contributed by atoms with Gasteiger partial charge in [0.2, 0.25) is 0 Å². The maximum Gasteiger partial charge on any atom is 0.270 e. The van der Waals surface area contributed by atoms with E-state index in [4.69, 9.17) is 0 Å². The number of sulfone groups is 1. The van der Waals surface area contributed by atoms with Crippen molar-refractivity contribution in [3.63, 3.8) is 0 Å². The first-order chi connectivity index (χ1) is 8.29. The van der Waals surface area contributed by atoms with E-state index in [0.29, 0.717) is 0 Å². The van der Waals surface area contributed by atoms with E-state index in [9.17, 15) is 23.3 Å². The molecule has 6 nitrogen and oxygen atoms in total. The number of carbonyl (C=O) groups excluding carboxylic acids is 1. The smallest absolute Gasteiger partial charge is 0.270 e. The molecule has 1 rings (SSSR count). The number of non-ortho nitro benzene ring substituents is 1. The normalized spacial score (nSPS) is 13.0. The van der Waals surface area contributed by atoms with E-state index in [-0.39, 0.29) is 17.0 Å². The number of hydrogen-bond acceptors (Lipinski definition) is 5. The molecule has 0 aliphatic carbocycles. The summed E-state index contributed by atoms with van der Waals surface area (Å²) in [5, 5.41) is 9.38. The summed E-state index contributed by atoms with van der Waals surface area (Å²) in [6.07, 6.45) is 0. The molecule has 98 valence electrons. The van der Waals surface area contributed by atoms with Gasteiger partial charge in [-0.3, -0.25) is 14.9 Å². The number of nitro benzene ring substituents is 1. The summed E-state index contributed by atoms with van der Waals surface area (Å²) < 4.78 is 23.2. The van der Waals surface area contributed by atoms with Gasteiger partial charge in [-0.1, -0.05) is 19.1 Å². The third kappa shape index (κ3) is 2.92. The molecule has 0 aliphatic rings. The van der Waals surface area contributed by atoms with E-state index in [1.807, 2.05) is 0 Å². The first-order valence-corrected chi connectivity index (χ1v) is 7.01. The molecule has 7 heteroatoms. The molecular formula is C11H13NO5S. The van der Waals surface area contributed by atoms with Gasteiger partial charge in [0.25, 0.3) is 5.69 Å². The van der Waals surface area contributed by atoms with Crippen LogP contribution < -0.4 is 0 Å². The van der Waals surface area contributed by atoms with Crippen LogP contribution in [-0.2, 0) is 9.84 Å². The van der Waals surface area contributed by atoms with Crippen molar-refractivity contribution in [3.8, 4) is 0 Å². The molecule has 0 aliphatic heterocycles. The Balaban J connectivity index is 3.12. The molecule has 1 atom stereocenters. The third-order valence-electron chi connectivity index (χ3n) is 2.65. The van der Waals surface area contributed by atoms with Gasteiger partial charge < -0.3 is 0 Å². The van der Waals surface area contributed by atoms with E-state index in [1.54, 1.807) is 0 Å². The summed E-state index contributed by atoms with van der Waals surface area (Å²) in [4.78, 5) is 21.9. The molecule has 0 saturated heterocycles. The van der Waals surface area contributed by atoms with Crippen LogP contribution in [0.2, 0.25) is 0 Å². The Labute approximate surface area is 105 Å². The highest BCUT2D eigenvalue weighted by Gasteiger charge is 2.27. The molecule has 1 unspecified atom stereocenters. The molecule has 0 radical (unpaired) electrons. The molecule has 0 saturated carbocycles. The molecular weight excluding hydrogens is 258 g/mol. The number of nitro groups is 1. The Hall–Kier alpha value is -1.76. The summed E-state index contributed by atoms with van der Waals surface area (Å²) in [6.45, 7) is 2.74. The number of carbonyl (C=O) groups is 1. The lowest BCUT2D eigenvalue weighted by Gasteiger charge is -2.10. The number of rotatable bonds is 5. The standard InChI is InChI=1S/C11H13NO5S/c1-3-18(16,17)8(2)11(13)9-5-4-6-10(7-9)12(14)15/h4-8H,3H2,1-2H3. The average Bonchev–Trinajstić information content (AvgIpc) is 2.37. The summed E-state index contributed by atoms with van der Waals surface area (Å²) in [5.41, 5.74) is -0.198. The minimum absolute atomic E-state index is 0.0359. The van der Waals surface area contributed by atoms with Crippen molar-refractivity contribution in [1.29, 1.82) is 0 Å². The van der Waals surface area contributed by atoms with Gasteiger partial charge in [-0.25, -0.2) is 8.42 Å². The quantitative estimate of drug-likeness (QED) is 0.460. The van der Waals surface area contributed by atoms with Gasteiger partial charge in [-0.2, -0.15) is 0 Å². The van der Waals surface area contributed by atoms with E-state index in [1.165, 1.54) is 32.0 Å². The Morgan fingerprint density at radius 1 is 1.44 bits per heavy atom. The zero-order valence-corrected chi connectivity index (χ0v) is 10.8. The second-order valence-corrected chi connectivity index (χ2v) is 6.38. The number of Topliss-reactive ketones (excluding diaryl/α,β-unsaturated/α-hetero) is 1. The topological polar surface area (TPSA) is 94.3 Å². The van der Waals surface area contributed by atoms with Crippen LogP contribution in [0, 0.1) is 10.1 Å². The molecule has 0 bridgehead atoms. The zero-order valence-electron chi connectivity index (χ0n) is 9.99. The Morgan fingerprint density at radius 2 is 2.06 bits per heavy atom. The van der Waals surface area contributed by atoms with Crippen LogP contribution in [0.1, 0.15) is 24.2 Å². The SMILES string of the molecule is CCS(=O)(=O)C(C)C(=O)c1cccc([N+](=O)[O-])c1. The van der Waals surface area contributed by atoms with Gasteiger partial charge in [0.15, 0.2) is 15.6 Å². The predicted octanol–water partition coefficient (Wildman–Crippen LogP) is 1.60. The van der Waals surface area contributed by atoms with Crippen LogP contribution in [0.5, 0.6) is 0 Å². The lowest BCUT2D eigenvalue weighted by molar-refractivity contribution is -0.384. The van der Waals surface area contributed by atoms with Gasteiger partial charge in [-0.05, 0) is 6.92 Å². The van der Waals surface area contributed by atoms with Gasteiger partial charge in [0.1, 0.15) is 5.25 Å². The summed E-state index contributed by atoms with van der Waals surface area (Å²) in [5.74, 6) is -0.769. The summed E-state index contributed by atoms with van der Waals surface area (Å²) in [7, 11) is -3.50. The van der Waals surface area contributed by atoms with Gasteiger partial charge >= 0.3 is 0 Å². The number of ketones is 1. The van der Waals surface area contributed by atoms with Crippen LogP contribution >= 0.6 is 0 Å². The zero-order chi connectivity index (χ0) is 13.9. The van der Waals surface area contributed by atoms with Crippen molar-refractivity contribution in [2.45, 2.75) is 19.1 Å². The monoisotopic (exact) mass is 271 g/mol. The summed E-state index contributed by atoms with van der Waals surface area (Å²) >= 11 is 0. The number of benzene rings is 1. The fourth-order valence-corrected chi connectivity index (χ4v) is 2.38. The first kappa shape index (κ1) is 14.3. The third-order valence-corrected chi connectivity index (χ3v) is 4.75. The van der Waals surface area contributed by atoms with Gasteiger partial charge in [-0.15, -0.1) is 0 Å². The van der Waals surface area contributed by atoms with Crippen molar-refractivity contribution < 1.29 is 18.1 Å². The maximum atomic E-state index is 11.9. The highest BCUT2D eigenvalue weighted by atomic mass is 32.2. The van der Waals surface area contributed by atoms with Crippen LogP contribution in [0.15, 0.2) is 24.3 Å². The maximum absolute atomic E-state index is 11.9. The minimum Gasteiger partial charge on any atom is -0.293 e. The Bertz CT molecular complexity index is 579. The van der Waals surface area contributed by atoms with E-state index < -0.39 is 25.8 Å². The van der Waals surface area contributed by atoms with Crippen molar-refractivity contribution in [2.75, 3.05) is 5.75 Å². The van der Waals surface area contributed by atoms with E-state index in [0.717, 1.165) is 6.07 Å². The number of nitrogens with zero attached hydrogens (tertiary/aromatic N) is 1. The highest BCUT2D eigenvalue weighted by molar-refractivity contribution is 7.92. The molecule has 18 heavy (non-hydrogen) atoms. The second kappa shape index (κ2) is 5.26. The second-order valence-electron chi connectivity index (χ2n) is 3.77. The molecule has 0 spiro atoms. The van der Waals surface area contributed by atoms with Gasteiger partial charge in [0, 0.05) is 23.4 Å². The van der Waals surface area contributed by atoms with Gasteiger partial charge in [0.05, 0.1) is 4.92 Å². The molecule has 0 fully saturated rings. The Kier molecular flexibility index (Phi) is 4.18. The molecule has 0 aromatic heterocycles. The van der Waals surface area contributed by atoms with E-state index in [2.05, 4.69) is 0 Å². The van der Waals surface area contributed by atoms with Crippen molar-refractivity contribution >= 4 is 21.3 Å². The lowest BCUT2D eigenvalue weighted by Crippen LogP contribution is -2.28. The molecule has 1 aromatic rings. The van der Waals surface area contributed by atoms with Crippen molar-refractivity contribution in [2.24, 2.45) is 0 Å².